The van der Waals surface area contributed by atoms with Crippen molar-refractivity contribution in [1.29, 1.82) is 0 Å². The molecule has 0 spiro atoms. The van der Waals surface area contributed by atoms with E-state index >= 15 is 0 Å². The Balaban J connectivity index is 2.37. The van der Waals surface area contributed by atoms with Gasteiger partial charge in [-0.05, 0) is 74.3 Å². The molecule has 1 aromatic rings. The Hall–Kier alpha value is -3.10. The summed E-state index contributed by atoms with van der Waals surface area (Å²) in [5, 5.41) is 3.90. The van der Waals surface area contributed by atoms with Gasteiger partial charge in [0.05, 0.1) is 0 Å². The molecule has 1 fully saturated rings. The molecule has 1 unspecified atom stereocenters. The number of hydrogen-bond donors (Lipinski definition) is 1. The first-order valence-corrected chi connectivity index (χ1v) is 12.9. The molecule has 36 heavy (non-hydrogen) atoms. The predicted octanol–water partition coefficient (Wildman–Crippen LogP) is 8.85. The van der Waals surface area contributed by atoms with Crippen LogP contribution in [0.2, 0.25) is 0 Å². The Morgan fingerprint density at radius 1 is 1.00 bits per heavy atom. The SMILES string of the molecule is C=C/C=C\C=C(/C=C)N1CC(C(C)(C)CC(C)(C)N[C@H](C)c2ccccc2)CC(=C/C=C)/C1=C\C=C. The van der Waals surface area contributed by atoms with Crippen LogP contribution in [0.25, 0.3) is 0 Å². The molecule has 0 saturated carbocycles. The van der Waals surface area contributed by atoms with Gasteiger partial charge in [-0.2, -0.15) is 0 Å². The van der Waals surface area contributed by atoms with Gasteiger partial charge in [0.15, 0.2) is 0 Å². The fourth-order valence-electron chi connectivity index (χ4n) is 5.55. The van der Waals surface area contributed by atoms with Crippen molar-refractivity contribution >= 4 is 0 Å². The molecular weight excluding hydrogens is 436 g/mol. The van der Waals surface area contributed by atoms with Crippen molar-refractivity contribution in [3.63, 3.8) is 0 Å². The molecule has 0 radical (unpaired) electrons. The molecule has 0 bridgehead atoms. The van der Waals surface area contributed by atoms with Crippen LogP contribution in [0.5, 0.6) is 0 Å². The number of likely N-dealkylation sites (tertiary alicyclic amines) is 1. The lowest BCUT2D eigenvalue weighted by molar-refractivity contribution is 0.104. The van der Waals surface area contributed by atoms with E-state index in [-0.39, 0.29) is 17.0 Å². The second kappa shape index (κ2) is 13.3. The average Bonchev–Trinajstić information content (AvgIpc) is 2.82. The third-order valence-electron chi connectivity index (χ3n) is 7.03. The molecule has 2 nitrogen and oxygen atoms in total. The molecule has 1 aliphatic heterocycles. The average molecular weight is 483 g/mol. The van der Waals surface area contributed by atoms with Gasteiger partial charge in [0, 0.05) is 29.5 Å². The van der Waals surface area contributed by atoms with Crippen molar-refractivity contribution in [2.24, 2.45) is 11.3 Å². The van der Waals surface area contributed by atoms with E-state index in [1.54, 1.807) is 6.08 Å². The minimum atomic E-state index is -0.0348. The third-order valence-corrected chi connectivity index (χ3v) is 7.03. The van der Waals surface area contributed by atoms with E-state index in [0.717, 1.165) is 30.8 Å². The normalized spacial score (nSPS) is 20.5. The van der Waals surface area contributed by atoms with Crippen LogP contribution in [0.15, 0.2) is 128 Å². The number of benzene rings is 1. The van der Waals surface area contributed by atoms with Gasteiger partial charge in [-0.1, -0.05) is 107 Å². The van der Waals surface area contributed by atoms with Gasteiger partial charge in [-0.25, -0.2) is 0 Å². The van der Waals surface area contributed by atoms with Gasteiger partial charge < -0.3 is 10.2 Å². The van der Waals surface area contributed by atoms with Crippen molar-refractivity contribution in [3.8, 4) is 0 Å². The number of hydrogen-bond acceptors (Lipinski definition) is 2. The Labute approximate surface area is 220 Å². The summed E-state index contributed by atoms with van der Waals surface area (Å²) in [4.78, 5) is 2.38. The highest BCUT2D eigenvalue weighted by Crippen LogP contribution is 2.45. The largest absolute Gasteiger partial charge is 0.341 e. The summed E-state index contributed by atoms with van der Waals surface area (Å²) in [5.74, 6) is 0.436. The first kappa shape index (κ1) is 29.1. The first-order chi connectivity index (χ1) is 17.1. The lowest BCUT2D eigenvalue weighted by Gasteiger charge is -2.48. The van der Waals surface area contributed by atoms with Gasteiger partial charge in [0.25, 0.3) is 0 Å². The summed E-state index contributed by atoms with van der Waals surface area (Å²) in [7, 11) is 0. The Morgan fingerprint density at radius 2 is 1.67 bits per heavy atom. The van der Waals surface area contributed by atoms with Crippen LogP contribution in [-0.2, 0) is 0 Å². The second-order valence-electron chi connectivity index (χ2n) is 11.0. The molecule has 1 saturated heterocycles. The topological polar surface area (TPSA) is 15.3 Å². The minimum Gasteiger partial charge on any atom is -0.341 e. The number of rotatable bonds is 12. The summed E-state index contributed by atoms with van der Waals surface area (Å²) in [5.41, 5.74) is 4.85. The van der Waals surface area contributed by atoms with Crippen molar-refractivity contribution in [2.45, 2.75) is 59.0 Å². The molecule has 0 amide bonds. The van der Waals surface area contributed by atoms with Gasteiger partial charge in [-0.3, -0.25) is 0 Å². The van der Waals surface area contributed by atoms with Gasteiger partial charge in [-0.15, -0.1) is 0 Å². The standard InChI is InChI=1S/C34H46N2/c1-10-14-16-23-31(13-4)36-25-30(24-29(19-11-2)32(36)20-12-3)33(6,7)26-34(8,9)35-27(5)28-21-17-15-18-22-28/h10-23,27,30,35H,1-4,24-26H2,5-9H3/b16-14-,29-19-,31-23+,32-20+/t27-,30?/m1/s1. The zero-order valence-corrected chi connectivity index (χ0v) is 23.1. The summed E-state index contributed by atoms with van der Waals surface area (Å²) in [6, 6.07) is 11.0. The molecular formula is C34H46N2. The van der Waals surface area contributed by atoms with Crippen LogP contribution in [0, 0.1) is 11.3 Å². The molecule has 0 aromatic heterocycles. The van der Waals surface area contributed by atoms with Crippen molar-refractivity contribution < 1.29 is 0 Å². The molecule has 1 heterocycles. The van der Waals surface area contributed by atoms with Crippen LogP contribution < -0.4 is 5.32 Å². The maximum absolute atomic E-state index is 4.12. The van der Waals surface area contributed by atoms with Crippen molar-refractivity contribution in [3.05, 3.63) is 134 Å². The molecule has 1 aliphatic rings. The number of nitrogens with one attached hydrogen (secondary N) is 1. The smallest absolute Gasteiger partial charge is 0.0443 e. The van der Waals surface area contributed by atoms with E-state index in [1.165, 1.54) is 11.1 Å². The highest BCUT2D eigenvalue weighted by atomic mass is 15.2. The molecule has 2 heteroatoms. The summed E-state index contributed by atoms with van der Waals surface area (Å²) < 4.78 is 0. The van der Waals surface area contributed by atoms with Crippen LogP contribution in [0.3, 0.4) is 0 Å². The molecule has 2 rings (SSSR count). The number of piperidine rings is 1. The van der Waals surface area contributed by atoms with E-state index in [9.17, 15) is 0 Å². The van der Waals surface area contributed by atoms with Crippen LogP contribution >= 0.6 is 0 Å². The lowest BCUT2D eigenvalue weighted by Crippen LogP contribution is -2.48. The van der Waals surface area contributed by atoms with Gasteiger partial charge >= 0.3 is 0 Å². The Morgan fingerprint density at radius 3 is 2.25 bits per heavy atom. The Bertz CT molecular complexity index is 1030. The zero-order valence-electron chi connectivity index (χ0n) is 23.1. The Kier molecular flexibility index (Phi) is 10.7. The van der Waals surface area contributed by atoms with E-state index in [0.29, 0.717) is 5.92 Å². The second-order valence-corrected chi connectivity index (χ2v) is 11.0. The van der Waals surface area contributed by atoms with Crippen molar-refractivity contribution in [1.82, 2.24) is 10.2 Å². The molecule has 1 N–H and O–H groups in total. The molecule has 0 aliphatic carbocycles. The zero-order chi connectivity index (χ0) is 26.8. The quantitative estimate of drug-likeness (QED) is 0.299. The summed E-state index contributed by atoms with van der Waals surface area (Å²) in [6.45, 7) is 28.5. The van der Waals surface area contributed by atoms with E-state index in [1.807, 2.05) is 30.4 Å². The van der Waals surface area contributed by atoms with Crippen LogP contribution in [-0.4, -0.2) is 17.0 Å². The number of allylic oxidation sites excluding steroid dienone is 10. The van der Waals surface area contributed by atoms with Gasteiger partial charge in [0.2, 0.25) is 0 Å². The van der Waals surface area contributed by atoms with Crippen LogP contribution in [0.1, 0.15) is 59.1 Å². The molecule has 2 atom stereocenters. The fourth-order valence-corrected chi connectivity index (χ4v) is 5.55. The lowest BCUT2D eigenvalue weighted by atomic mass is 9.67. The summed E-state index contributed by atoms with van der Waals surface area (Å²) >= 11 is 0. The van der Waals surface area contributed by atoms with Crippen LogP contribution in [0.4, 0.5) is 0 Å². The monoisotopic (exact) mass is 482 g/mol. The highest BCUT2D eigenvalue weighted by Gasteiger charge is 2.40. The predicted molar refractivity (Wildman–Crippen MR) is 159 cm³/mol. The fraction of sp³-hybridized carbons (Fsp3) is 0.353. The number of nitrogens with zero attached hydrogens (tertiary/aromatic N) is 1. The maximum atomic E-state index is 4.12. The minimum absolute atomic E-state index is 0.0348. The van der Waals surface area contributed by atoms with E-state index < -0.39 is 0 Å². The highest BCUT2D eigenvalue weighted by molar-refractivity contribution is 5.42. The summed E-state index contributed by atoms with van der Waals surface area (Å²) in [6.07, 6.45) is 19.8. The van der Waals surface area contributed by atoms with Crippen molar-refractivity contribution in [2.75, 3.05) is 6.54 Å². The van der Waals surface area contributed by atoms with E-state index in [2.05, 4.69) is 120 Å². The molecule has 192 valence electrons. The maximum Gasteiger partial charge on any atom is 0.0443 e. The molecule has 1 aromatic carbocycles. The van der Waals surface area contributed by atoms with Gasteiger partial charge in [0.1, 0.15) is 0 Å². The first-order valence-electron chi connectivity index (χ1n) is 12.9. The van der Waals surface area contributed by atoms with E-state index in [4.69, 9.17) is 0 Å². The third kappa shape index (κ3) is 7.96.